The average Bonchev–Trinajstić information content (AvgIpc) is 2.98. The lowest BCUT2D eigenvalue weighted by Crippen LogP contribution is -2.36. The first kappa shape index (κ1) is 14.4. The molecule has 0 unspecified atom stereocenters. The number of amides is 1. The monoisotopic (exact) mass is 347 g/mol. The molecule has 0 bridgehead atoms. The molecule has 1 aliphatic carbocycles. The van der Waals surface area contributed by atoms with E-state index in [2.05, 4.69) is 27.3 Å². The standard InChI is InChI=1S/C17H18BrNO2/c18-14-7-5-13-10-16(8-6-12(13)9-14)21-11-17(20)19-15-3-1-2-4-15/h5-10,15H,1-4,11H2,(H,19,20). The van der Waals surface area contributed by atoms with Gasteiger partial charge in [0.15, 0.2) is 6.61 Å². The van der Waals surface area contributed by atoms with Gasteiger partial charge in [-0.2, -0.15) is 0 Å². The van der Waals surface area contributed by atoms with E-state index >= 15 is 0 Å². The normalized spacial score (nSPS) is 15.3. The van der Waals surface area contributed by atoms with Gasteiger partial charge < -0.3 is 10.1 Å². The van der Waals surface area contributed by atoms with Crippen molar-refractivity contribution < 1.29 is 9.53 Å². The lowest BCUT2D eigenvalue weighted by molar-refractivity contribution is -0.123. The quantitative estimate of drug-likeness (QED) is 0.906. The third-order valence-corrected chi connectivity index (χ3v) is 4.36. The zero-order chi connectivity index (χ0) is 14.7. The fourth-order valence-corrected chi connectivity index (χ4v) is 3.15. The van der Waals surface area contributed by atoms with Crippen LogP contribution in [-0.2, 0) is 4.79 Å². The van der Waals surface area contributed by atoms with Crippen molar-refractivity contribution in [1.29, 1.82) is 0 Å². The molecule has 0 aliphatic heterocycles. The number of ether oxygens (including phenoxy) is 1. The Morgan fingerprint density at radius 1 is 1.14 bits per heavy atom. The van der Waals surface area contributed by atoms with Crippen LogP contribution in [0.1, 0.15) is 25.7 Å². The molecule has 21 heavy (non-hydrogen) atoms. The first-order valence-corrected chi connectivity index (χ1v) is 8.11. The van der Waals surface area contributed by atoms with Gasteiger partial charge >= 0.3 is 0 Å². The summed E-state index contributed by atoms with van der Waals surface area (Å²) in [7, 11) is 0. The number of hydrogen-bond donors (Lipinski definition) is 1. The predicted molar refractivity (Wildman–Crippen MR) is 87.5 cm³/mol. The summed E-state index contributed by atoms with van der Waals surface area (Å²) in [5.41, 5.74) is 0. The summed E-state index contributed by atoms with van der Waals surface area (Å²) < 4.78 is 6.65. The van der Waals surface area contributed by atoms with Crippen LogP contribution in [0.3, 0.4) is 0 Å². The summed E-state index contributed by atoms with van der Waals surface area (Å²) >= 11 is 3.46. The van der Waals surface area contributed by atoms with Crippen molar-refractivity contribution in [2.24, 2.45) is 0 Å². The van der Waals surface area contributed by atoms with Crippen molar-refractivity contribution in [3.05, 3.63) is 40.9 Å². The zero-order valence-corrected chi connectivity index (χ0v) is 13.4. The number of carbonyl (C=O) groups is 1. The molecule has 2 aromatic rings. The van der Waals surface area contributed by atoms with Crippen LogP contribution in [0.15, 0.2) is 40.9 Å². The van der Waals surface area contributed by atoms with E-state index in [9.17, 15) is 4.79 Å². The lowest BCUT2D eigenvalue weighted by atomic mass is 10.1. The summed E-state index contributed by atoms with van der Waals surface area (Å²) in [6.45, 7) is 0.0819. The van der Waals surface area contributed by atoms with Gasteiger partial charge in [-0.3, -0.25) is 4.79 Å². The minimum atomic E-state index is -0.0298. The maximum atomic E-state index is 11.8. The summed E-state index contributed by atoms with van der Waals surface area (Å²) in [6, 6.07) is 12.3. The van der Waals surface area contributed by atoms with Crippen molar-refractivity contribution in [3.8, 4) is 5.75 Å². The molecule has 0 saturated heterocycles. The largest absolute Gasteiger partial charge is 0.484 e. The molecule has 3 rings (SSSR count). The van der Waals surface area contributed by atoms with E-state index in [1.807, 2.05) is 30.3 Å². The first-order chi connectivity index (χ1) is 10.2. The Labute approximate surface area is 132 Å². The molecule has 0 spiro atoms. The molecule has 0 radical (unpaired) electrons. The molecule has 0 atom stereocenters. The molecule has 0 heterocycles. The predicted octanol–water partition coefficient (Wildman–Crippen LogP) is 4.04. The second-order valence-corrected chi connectivity index (χ2v) is 6.41. The SMILES string of the molecule is O=C(COc1ccc2cc(Br)ccc2c1)NC1CCCC1. The number of halogens is 1. The second kappa shape index (κ2) is 6.48. The Morgan fingerprint density at radius 3 is 2.67 bits per heavy atom. The van der Waals surface area contributed by atoms with E-state index < -0.39 is 0 Å². The number of fused-ring (bicyclic) bond motifs is 1. The Hall–Kier alpha value is -1.55. The van der Waals surface area contributed by atoms with Gasteiger partial charge in [0.05, 0.1) is 0 Å². The van der Waals surface area contributed by atoms with E-state index in [0.717, 1.165) is 33.8 Å². The molecule has 3 nitrogen and oxygen atoms in total. The number of rotatable bonds is 4. The molecule has 2 aromatic carbocycles. The highest BCUT2D eigenvalue weighted by atomic mass is 79.9. The van der Waals surface area contributed by atoms with E-state index in [1.54, 1.807) is 0 Å². The summed E-state index contributed by atoms with van der Waals surface area (Å²) in [5.74, 6) is 0.698. The topological polar surface area (TPSA) is 38.3 Å². The molecule has 1 aliphatic rings. The number of carbonyl (C=O) groups excluding carboxylic acids is 1. The van der Waals surface area contributed by atoms with Crippen LogP contribution in [0.5, 0.6) is 5.75 Å². The van der Waals surface area contributed by atoms with Crippen LogP contribution in [0.25, 0.3) is 10.8 Å². The molecular weight excluding hydrogens is 330 g/mol. The summed E-state index contributed by atoms with van der Waals surface area (Å²) in [4.78, 5) is 11.8. The summed E-state index contributed by atoms with van der Waals surface area (Å²) in [6.07, 6.45) is 4.62. The minimum Gasteiger partial charge on any atom is -0.484 e. The van der Waals surface area contributed by atoms with Crippen LogP contribution in [0.4, 0.5) is 0 Å². The van der Waals surface area contributed by atoms with Gasteiger partial charge in [-0.05, 0) is 47.9 Å². The van der Waals surface area contributed by atoms with Crippen LogP contribution in [0.2, 0.25) is 0 Å². The molecule has 4 heteroatoms. The Morgan fingerprint density at radius 2 is 1.86 bits per heavy atom. The van der Waals surface area contributed by atoms with Crippen LogP contribution < -0.4 is 10.1 Å². The zero-order valence-electron chi connectivity index (χ0n) is 11.8. The van der Waals surface area contributed by atoms with Gasteiger partial charge in [0, 0.05) is 10.5 Å². The average molecular weight is 348 g/mol. The maximum Gasteiger partial charge on any atom is 0.258 e. The maximum absolute atomic E-state index is 11.8. The number of hydrogen-bond acceptors (Lipinski definition) is 2. The highest BCUT2D eigenvalue weighted by Crippen LogP contribution is 2.24. The lowest BCUT2D eigenvalue weighted by Gasteiger charge is -2.12. The van der Waals surface area contributed by atoms with Crippen molar-refractivity contribution in [3.63, 3.8) is 0 Å². The third kappa shape index (κ3) is 3.76. The Kier molecular flexibility index (Phi) is 4.44. The first-order valence-electron chi connectivity index (χ1n) is 7.32. The minimum absolute atomic E-state index is 0.0298. The van der Waals surface area contributed by atoms with E-state index in [0.29, 0.717) is 6.04 Å². The van der Waals surface area contributed by atoms with E-state index in [4.69, 9.17) is 4.74 Å². The van der Waals surface area contributed by atoms with Gasteiger partial charge in [-0.25, -0.2) is 0 Å². The van der Waals surface area contributed by atoms with Crippen molar-refractivity contribution in [2.45, 2.75) is 31.7 Å². The van der Waals surface area contributed by atoms with E-state index in [-0.39, 0.29) is 12.5 Å². The summed E-state index contributed by atoms with van der Waals surface area (Å²) in [5, 5.41) is 5.27. The molecule has 110 valence electrons. The Bertz CT molecular complexity index is 650. The Balaban J connectivity index is 1.59. The van der Waals surface area contributed by atoms with Crippen LogP contribution in [0, 0.1) is 0 Å². The van der Waals surface area contributed by atoms with Crippen LogP contribution in [-0.4, -0.2) is 18.6 Å². The molecule has 0 aromatic heterocycles. The highest BCUT2D eigenvalue weighted by molar-refractivity contribution is 9.10. The molecule has 1 N–H and O–H groups in total. The van der Waals surface area contributed by atoms with Crippen molar-refractivity contribution >= 4 is 32.6 Å². The van der Waals surface area contributed by atoms with E-state index in [1.165, 1.54) is 12.8 Å². The molecule has 1 fully saturated rings. The molecular formula is C17H18BrNO2. The molecule has 1 amide bonds. The third-order valence-electron chi connectivity index (χ3n) is 3.86. The molecule has 1 saturated carbocycles. The van der Waals surface area contributed by atoms with Gasteiger partial charge in [-0.1, -0.05) is 40.9 Å². The van der Waals surface area contributed by atoms with Gasteiger partial charge in [0.1, 0.15) is 5.75 Å². The van der Waals surface area contributed by atoms with Crippen LogP contribution >= 0.6 is 15.9 Å². The van der Waals surface area contributed by atoms with Gasteiger partial charge in [-0.15, -0.1) is 0 Å². The highest BCUT2D eigenvalue weighted by Gasteiger charge is 2.17. The van der Waals surface area contributed by atoms with Gasteiger partial charge in [0.25, 0.3) is 5.91 Å². The number of benzene rings is 2. The van der Waals surface area contributed by atoms with Crippen molar-refractivity contribution in [1.82, 2.24) is 5.32 Å². The fourth-order valence-electron chi connectivity index (χ4n) is 2.77. The van der Waals surface area contributed by atoms with Gasteiger partial charge in [0.2, 0.25) is 0 Å². The smallest absolute Gasteiger partial charge is 0.258 e. The van der Waals surface area contributed by atoms with Crippen molar-refractivity contribution in [2.75, 3.05) is 6.61 Å². The second-order valence-electron chi connectivity index (χ2n) is 5.49. The fraction of sp³-hybridized carbons (Fsp3) is 0.353. The number of nitrogens with one attached hydrogen (secondary N) is 1.